The van der Waals surface area contributed by atoms with Crippen molar-refractivity contribution in [3.8, 4) is 0 Å². The highest BCUT2D eigenvalue weighted by atomic mass is 32.2. The maximum Gasteiger partial charge on any atom is 0.282 e. The van der Waals surface area contributed by atoms with Crippen LogP contribution in [0.3, 0.4) is 0 Å². The number of piperidine rings is 1. The number of rotatable bonds is 5. The molecule has 0 spiro atoms. The first-order chi connectivity index (χ1) is 9.68. The van der Waals surface area contributed by atoms with Gasteiger partial charge in [0.05, 0.1) is 0 Å². The van der Waals surface area contributed by atoms with Crippen molar-refractivity contribution in [2.75, 3.05) is 37.7 Å². The first-order valence-corrected chi connectivity index (χ1v) is 10.3. The van der Waals surface area contributed by atoms with Gasteiger partial charge < -0.3 is 5.32 Å². The summed E-state index contributed by atoms with van der Waals surface area (Å²) in [6.07, 6.45) is 5.66. The van der Waals surface area contributed by atoms with Crippen molar-refractivity contribution in [1.29, 1.82) is 0 Å². The normalized spacial score (nSPS) is 30.5. The molecule has 1 atom stereocenters. The quantitative estimate of drug-likeness (QED) is 0.817. The molecule has 2 saturated heterocycles. The Morgan fingerprint density at radius 3 is 2.50 bits per heavy atom. The molecular formula is C13H25N3O2S2. The average Bonchev–Trinajstić information content (AvgIpc) is 3.30. The fourth-order valence-corrected chi connectivity index (χ4v) is 5.99. The minimum absolute atomic E-state index is 0.156. The second-order valence-electron chi connectivity index (χ2n) is 5.96. The third-order valence-corrected chi connectivity index (χ3v) is 7.42. The summed E-state index contributed by atoms with van der Waals surface area (Å²) in [5.41, 5.74) is 0. The van der Waals surface area contributed by atoms with E-state index in [2.05, 4.69) is 5.32 Å². The molecule has 1 aliphatic carbocycles. The molecule has 3 rings (SSSR count). The van der Waals surface area contributed by atoms with Gasteiger partial charge >= 0.3 is 0 Å². The first kappa shape index (κ1) is 15.1. The van der Waals surface area contributed by atoms with E-state index in [-0.39, 0.29) is 6.04 Å². The topological polar surface area (TPSA) is 52.7 Å². The molecule has 1 N–H and O–H groups in total. The minimum atomic E-state index is -3.25. The van der Waals surface area contributed by atoms with Gasteiger partial charge in [-0.2, -0.15) is 28.8 Å². The molecule has 7 heteroatoms. The van der Waals surface area contributed by atoms with Crippen LogP contribution in [-0.2, 0) is 10.2 Å². The lowest BCUT2D eigenvalue weighted by Crippen LogP contribution is -2.55. The van der Waals surface area contributed by atoms with Crippen LogP contribution in [0.5, 0.6) is 0 Å². The second kappa shape index (κ2) is 6.52. The summed E-state index contributed by atoms with van der Waals surface area (Å²) in [6.45, 7) is 2.87. The van der Waals surface area contributed by atoms with Crippen LogP contribution in [0.1, 0.15) is 32.1 Å². The summed E-state index contributed by atoms with van der Waals surface area (Å²) in [5, 5.41) is 3.50. The predicted molar refractivity (Wildman–Crippen MR) is 83.2 cm³/mol. The van der Waals surface area contributed by atoms with Gasteiger partial charge in [-0.25, -0.2) is 0 Å². The van der Waals surface area contributed by atoms with Gasteiger partial charge in [-0.15, -0.1) is 0 Å². The Morgan fingerprint density at radius 1 is 1.05 bits per heavy atom. The van der Waals surface area contributed by atoms with Gasteiger partial charge in [0.2, 0.25) is 0 Å². The lowest BCUT2D eigenvalue weighted by molar-refractivity contribution is 0.227. The Bertz CT molecular complexity index is 419. The zero-order valence-electron chi connectivity index (χ0n) is 12.0. The Morgan fingerprint density at radius 2 is 1.80 bits per heavy atom. The van der Waals surface area contributed by atoms with E-state index in [0.717, 1.165) is 37.3 Å². The molecule has 0 amide bonds. The van der Waals surface area contributed by atoms with Crippen molar-refractivity contribution in [3.05, 3.63) is 0 Å². The highest BCUT2D eigenvalue weighted by Gasteiger charge is 2.37. The first-order valence-electron chi connectivity index (χ1n) is 7.76. The number of nitrogens with one attached hydrogen (secondary N) is 1. The maximum atomic E-state index is 12.8. The van der Waals surface area contributed by atoms with E-state index in [4.69, 9.17) is 0 Å². The largest absolute Gasteiger partial charge is 0.312 e. The Balaban J connectivity index is 1.66. The molecular weight excluding hydrogens is 294 g/mol. The van der Waals surface area contributed by atoms with Crippen molar-refractivity contribution < 1.29 is 8.42 Å². The minimum Gasteiger partial charge on any atom is -0.312 e. The molecule has 0 radical (unpaired) electrons. The smallest absolute Gasteiger partial charge is 0.282 e. The molecule has 0 bridgehead atoms. The van der Waals surface area contributed by atoms with E-state index >= 15 is 0 Å². The standard InChI is InChI=1S/C13H25N3O2S2/c17-20(18,15-7-9-19-10-8-15)16-6-2-1-3-13(16)11-14-12-4-5-12/h12-14H,1-11H2. The highest BCUT2D eigenvalue weighted by Crippen LogP contribution is 2.25. The van der Waals surface area contributed by atoms with Crippen molar-refractivity contribution >= 4 is 22.0 Å². The van der Waals surface area contributed by atoms with E-state index in [1.807, 2.05) is 11.8 Å². The number of nitrogens with zero attached hydrogens (tertiary/aromatic N) is 2. The third-order valence-electron chi connectivity index (χ3n) is 4.39. The van der Waals surface area contributed by atoms with Crippen LogP contribution in [0.25, 0.3) is 0 Å². The van der Waals surface area contributed by atoms with E-state index in [9.17, 15) is 8.42 Å². The van der Waals surface area contributed by atoms with Gasteiger partial charge in [-0.3, -0.25) is 0 Å². The highest BCUT2D eigenvalue weighted by molar-refractivity contribution is 7.99. The molecule has 2 aliphatic heterocycles. The van der Waals surface area contributed by atoms with Crippen LogP contribution >= 0.6 is 11.8 Å². The Hall–Kier alpha value is 0.180. The summed E-state index contributed by atoms with van der Waals surface area (Å²) in [7, 11) is -3.25. The van der Waals surface area contributed by atoms with E-state index < -0.39 is 10.2 Å². The number of hydrogen-bond donors (Lipinski definition) is 1. The second-order valence-corrected chi connectivity index (χ2v) is 9.07. The lowest BCUT2D eigenvalue weighted by Gasteiger charge is -2.39. The molecule has 3 aliphatic rings. The van der Waals surface area contributed by atoms with E-state index in [1.165, 1.54) is 12.8 Å². The van der Waals surface area contributed by atoms with Crippen LogP contribution in [-0.4, -0.2) is 66.8 Å². The molecule has 1 unspecified atom stereocenters. The van der Waals surface area contributed by atoms with E-state index in [0.29, 0.717) is 25.7 Å². The lowest BCUT2D eigenvalue weighted by atomic mass is 10.1. The average molecular weight is 319 g/mol. The molecule has 2 heterocycles. The van der Waals surface area contributed by atoms with E-state index in [1.54, 1.807) is 8.61 Å². The molecule has 20 heavy (non-hydrogen) atoms. The molecule has 0 aromatic carbocycles. The summed E-state index contributed by atoms with van der Waals surface area (Å²) in [6, 6.07) is 0.803. The molecule has 5 nitrogen and oxygen atoms in total. The van der Waals surface area contributed by atoms with Gasteiger partial charge in [0, 0.05) is 49.8 Å². The zero-order valence-corrected chi connectivity index (χ0v) is 13.6. The van der Waals surface area contributed by atoms with Gasteiger partial charge in [0.25, 0.3) is 10.2 Å². The number of thioether (sulfide) groups is 1. The fourth-order valence-electron chi connectivity index (χ4n) is 3.00. The molecule has 116 valence electrons. The van der Waals surface area contributed by atoms with Crippen LogP contribution in [0, 0.1) is 0 Å². The Kier molecular flexibility index (Phi) is 4.92. The molecule has 3 fully saturated rings. The fraction of sp³-hybridized carbons (Fsp3) is 1.00. The molecule has 1 saturated carbocycles. The van der Waals surface area contributed by atoms with Crippen molar-refractivity contribution in [2.45, 2.75) is 44.2 Å². The number of hydrogen-bond acceptors (Lipinski definition) is 4. The monoisotopic (exact) mass is 319 g/mol. The van der Waals surface area contributed by atoms with Crippen molar-refractivity contribution in [1.82, 2.24) is 13.9 Å². The summed E-state index contributed by atoms with van der Waals surface area (Å²) >= 11 is 1.85. The van der Waals surface area contributed by atoms with Crippen LogP contribution in [0.2, 0.25) is 0 Å². The Labute approximate surface area is 126 Å². The summed E-state index contributed by atoms with van der Waals surface area (Å²) in [5.74, 6) is 1.86. The zero-order chi connectivity index (χ0) is 14.0. The summed E-state index contributed by atoms with van der Waals surface area (Å²) in [4.78, 5) is 0. The maximum absolute atomic E-state index is 12.8. The summed E-state index contributed by atoms with van der Waals surface area (Å²) < 4.78 is 29.1. The van der Waals surface area contributed by atoms with Gasteiger partial charge in [0.15, 0.2) is 0 Å². The SMILES string of the molecule is O=S(=O)(N1CCSCC1)N1CCCCC1CNC1CC1. The van der Waals surface area contributed by atoms with Crippen LogP contribution in [0.15, 0.2) is 0 Å². The third kappa shape index (κ3) is 3.50. The van der Waals surface area contributed by atoms with Crippen LogP contribution in [0.4, 0.5) is 0 Å². The van der Waals surface area contributed by atoms with Gasteiger partial charge in [-0.05, 0) is 25.7 Å². The predicted octanol–water partition coefficient (Wildman–Crippen LogP) is 0.887. The molecule has 0 aromatic heterocycles. The van der Waals surface area contributed by atoms with Crippen molar-refractivity contribution in [3.63, 3.8) is 0 Å². The van der Waals surface area contributed by atoms with Gasteiger partial charge in [-0.1, -0.05) is 6.42 Å². The van der Waals surface area contributed by atoms with Gasteiger partial charge in [0.1, 0.15) is 0 Å². The van der Waals surface area contributed by atoms with Crippen molar-refractivity contribution in [2.24, 2.45) is 0 Å². The van der Waals surface area contributed by atoms with Crippen LogP contribution < -0.4 is 5.32 Å². The molecule has 0 aromatic rings.